The molecule has 2 N–H and O–H groups in total. The van der Waals surface area contributed by atoms with Crippen molar-refractivity contribution in [1.29, 1.82) is 0 Å². The lowest BCUT2D eigenvalue weighted by Crippen LogP contribution is -2.50. The minimum absolute atomic E-state index is 0.0924. The van der Waals surface area contributed by atoms with E-state index in [1.165, 1.54) is 4.90 Å². The monoisotopic (exact) mass is 286 g/mol. The average Bonchev–Trinajstić information content (AvgIpc) is 2.86. The minimum atomic E-state index is -1.01. The Hall–Kier alpha value is -1.30. The van der Waals surface area contributed by atoms with Crippen molar-refractivity contribution in [3.8, 4) is 0 Å². The van der Waals surface area contributed by atoms with E-state index in [4.69, 9.17) is 10.2 Å². The van der Waals surface area contributed by atoms with Crippen molar-refractivity contribution in [2.75, 3.05) is 26.2 Å². The van der Waals surface area contributed by atoms with Crippen LogP contribution in [0.4, 0.5) is 4.79 Å². The summed E-state index contributed by atoms with van der Waals surface area (Å²) in [5.74, 6) is -0.799. The topological polar surface area (TPSA) is 81.1 Å². The number of nitrogens with zero attached hydrogens (tertiary/aromatic N) is 2. The molecule has 0 aromatic carbocycles. The normalized spacial score (nSPS) is 15.6. The van der Waals surface area contributed by atoms with Gasteiger partial charge in [-0.05, 0) is 18.8 Å². The van der Waals surface area contributed by atoms with E-state index in [0.717, 1.165) is 25.7 Å². The molecule has 0 heterocycles. The van der Waals surface area contributed by atoms with E-state index >= 15 is 0 Å². The van der Waals surface area contributed by atoms with Crippen molar-refractivity contribution in [3.05, 3.63) is 0 Å². The molecule has 1 fully saturated rings. The second-order valence-electron chi connectivity index (χ2n) is 5.81. The molecule has 6 nitrogen and oxygen atoms in total. The molecule has 0 aliphatic heterocycles. The molecule has 0 radical (unpaired) electrons. The van der Waals surface area contributed by atoms with Crippen LogP contribution in [0.15, 0.2) is 0 Å². The third-order valence-electron chi connectivity index (χ3n) is 3.53. The molecule has 1 saturated carbocycles. The summed E-state index contributed by atoms with van der Waals surface area (Å²) in [6.07, 6.45) is 4.05. The molecule has 0 saturated heterocycles. The van der Waals surface area contributed by atoms with E-state index in [0.29, 0.717) is 6.54 Å². The van der Waals surface area contributed by atoms with E-state index in [9.17, 15) is 9.59 Å². The predicted molar refractivity (Wildman–Crippen MR) is 75.5 cm³/mol. The molecule has 2 amide bonds. The first-order chi connectivity index (χ1) is 9.45. The van der Waals surface area contributed by atoms with Crippen molar-refractivity contribution >= 4 is 12.0 Å². The van der Waals surface area contributed by atoms with Crippen molar-refractivity contribution in [3.63, 3.8) is 0 Å². The number of carbonyl (C=O) groups excluding carboxylic acids is 1. The number of carboxylic acid groups (broad SMARTS) is 1. The summed E-state index contributed by atoms with van der Waals surface area (Å²) in [6.45, 7) is 4.22. The molecule has 0 atom stereocenters. The Balaban J connectivity index is 2.78. The number of aliphatic hydroxyl groups excluding tert-OH is 1. The number of carbonyl (C=O) groups is 2. The van der Waals surface area contributed by atoms with Crippen LogP contribution in [0.1, 0.15) is 39.5 Å². The SMILES string of the molecule is CC(C)CN(CC(=O)O)C(=O)N(CCO)C1CCCC1. The van der Waals surface area contributed by atoms with Gasteiger partial charge in [-0.3, -0.25) is 4.79 Å². The molecule has 0 bridgehead atoms. The lowest BCUT2D eigenvalue weighted by molar-refractivity contribution is -0.137. The van der Waals surface area contributed by atoms with Gasteiger partial charge in [-0.15, -0.1) is 0 Å². The highest BCUT2D eigenvalue weighted by molar-refractivity contribution is 5.80. The van der Waals surface area contributed by atoms with E-state index < -0.39 is 5.97 Å². The second kappa shape index (κ2) is 8.09. The number of amides is 2. The van der Waals surface area contributed by atoms with Crippen LogP contribution in [0.3, 0.4) is 0 Å². The Bertz CT molecular complexity index is 327. The van der Waals surface area contributed by atoms with E-state index in [1.54, 1.807) is 4.90 Å². The van der Waals surface area contributed by atoms with E-state index in [-0.39, 0.29) is 37.7 Å². The molecule has 116 valence electrons. The quantitative estimate of drug-likeness (QED) is 0.741. The van der Waals surface area contributed by atoms with Gasteiger partial charge in [0.1, 0.15) is 6.54 Å². The number of hydrogen-bond donors (Lipinski definition) is 2. The average molecular weight is 286 g/mol. The summed E-state index contributed by atoms with van der Waals surface area (Å²) in [7, 11) is 0. The zero-order valence-corrected chi connectivity index (χ0v) is 12.4. The molecule has 20 heavy (non-hydrogen) atoms. The van der Waals surface area contributed by atoms with Crippen molar-refractivity contribution < 1.29 is 19.8 Å². The Labute approximate surface area is 120 Å². The highest BCUT2D eigenvalue weighted by atomic mass is 16.4. The van der Waals surface area contributed by atoms with Gasteiger partial charge in [-0.25, -0.2) is 4.79 Å². The lowest BCUT2D eigenvalue weighted by atomic mass is 10.2. The molecule has 0 unspecified atom stereocenters. The highest BCUT2D eigenvalue weighted by Gasteiger charge is 2.30. The number of rotatable bonds is 7. The van der Waals surface area contributed by atoms with Gasteiger partial charge in [0, 0.05) is 19.1 Å². The first kappa shape index (κ1) is 16.8. The lowest BCUT2D eigenvalue weighted by Gasteiger charge is -2.34. The third kappa shape index (κ3) is 5.00. The number of urea groups is 1. The predicted octanol–water partition coefficient (Wildman–Crippen LogP) is 1.39. The van der Waals surface area contributed by atoms with E-state index in [2.05, 4.69) is 0 Å². The number of carboxylic acids is 1. The van der Waals surface area contributed by atoms with Crippen LogP contribution in [0.25, 0.3) is 0 Å². The largest absolute Gasteiger partial charge is 0.480 e. The summed E-state index contributed by atoms with van der Waals surface area (Å²) in [4.78, 5) is 26.5. The second-order valence-corrected chi connectivity index (χ2v) is 5.81. The Morgan fingerprint density at radius 2 is 1.85 bits per heavy atom. The Morgan fingerprint density at radius 3 is 2.30 bits per heavy atom. The number of aliphatic carboxylic acids is 1. The maximum Gasteiger partial charge on any atom is 0.323 e. The van der Waals surface area contributed by atoms with Crippen molar-refractivity contribution in [2.24, 2.45) is 5.92 Å². The van der Waals surface area contributed by atoms with Gasteiger partial charge in [0.05, 0.1) is 6.61 Å². The fourth-order valence-electron chi connectivity index (χ4n) is 2.75. The van der Waals surface area contributed by atoms with E-state index in [1.807, 2.05) is 13.8 Å². The Morgan fingerprint density at radius 1 is 1.25 bits per heavy atom. The minimum Gasteiger partial charge on any atom is -0.480 e. The van der Waals surface area contributed by atoms with Gasteiger partial charge in [-0.1, -0.05) is 26.7 Å². The van der Waals surface area contributed by atoms with Crippen LogP contribution in [0, 0.1) is 5.92 Å². The molecule has 1 aliphatic rings. The molecule has 0 spiro atoms. The molecule has 1 aliphatic carbocycles. The summed E-state index contributed by atoms with van der Waals surface area (Å²) >= 11 is 0. The zero-order chi connectivity index (χ0) is 15.1. The van der Waals surface area contributed by atoms with Crippen LogP contribution < -0.4 is 0 Å². The summed E-state index contributed by atoms with van der Waals surface area (Å²) in [6, 6.07) is -0.125. The molecule has 0 aromatic heterocycles. The molecule has 0 aromatic rings. The zero-order valence-electron chi connectivity index (χ0n) is 12.4. The molecular formula is C14H26N2O4. The van der Waals surface area contributed by atoms with Gasteiger partial charge < -0.3 is 20.0 Å². The van der Waals surface area contributed by atoms with Crippen LogP contribution in [0.5, 0.6) is 0 Å². The summed E-state index contributed by atoms with van der Waals surface area (Å²) < 4.78 is 0. The van der Waals surface area contributed by atoms with Crippen molar-refractivity contribution in [2.45, 2.75) is 45.6 Å². The standard InChI is InChI=1S/C14H26N2O4/c1-11(2)9-15(10-13(18)19)14(20)16(7-8-17)12-5-3-4-6-12/h11-12,17H,3-10H2,1-2H3,(H,18,19). The fraction of sp³-hybridized carbons (Fsp3) is 0.857. The first-order valence-electron chi connectivity index (χ1n) is 7.34. The van der Waals surface area contributed by atoms with Gasteiger partial charge in [-0.2, -0.15) is 0 Å². The van der Waals surface area contributed by atoms with Crippen LogP contribution >= 0.6 is 0 Å². The summed E-state index contributed by atoms with van der Waals surface area (Å²) in [5, 5.41) is 18.1. The van der Waals surface area contributed by atoms with Crippen LogP contribution in [-0.2, 0) is 4.79 Å². The Kier molecular flexibility index (Phi) is 6.78. The van der Waals surface area contributed by atoms with Gasteiger partial charge in [0.15, 0.2) is 0 Å². The molecular weight excluding hydrogens is 260 g/mol. The fourth-order valence-corrected chi connectivity index (χ4v) is 2.75. The first-order valence-corrected chi connectivity index (χ1v) is 7.34. The maximum absolute atomic E-state index is 12.6. The van der Waals surface area contributed by atoms with Crippen LogP contribution in [0.2, 0.25) is 0 Å². The highest BCUT2D eigenvalue weighted by Crippen LogP contribution is 2.24. The third-order valence-corrected chi connectivity index (χ3v) is 3.53. The maximum atomic E-state index is 12.6. The van der Waals surface area contributed by atoms with Gasteiger partial charge >= 0.3 is 12.0 Å². The van der Waals surface area contributed by atoms with Crippen molar-refractivity contribution in [1.82, 2.24) is 9.80 Å². The molecule has 6 heteroatoms. The number of aliphatic hydroxyl groups is 1. The van der Waals surface area contributed by atoms with Gasteiger partial charge in [0.2, 0.25) is 0 Å². The molecule has 1 rings (SSSR count). The summed E-state index contributed by atoms with van der Waals surface area (Å²) in [5.41, 5.74) is 0. The smallest absolute Gasteiger partial charge is 0.323 e. The number of hydrogen-bond acceptors (Lipinski definition) is 3. The van der Waals surface area contributed by atoms with Gasteiger partial charge in [0.25, 0.3) is 0 Å². The van der Waals surface area contributed by atoms with Crippen LogP contribution in [-0.4, -0.2) is 64.3 Å².